The molecule has 0 unspecified atom stereocenters. The second kappa shape index (κ2) is 8.61. The summed E-state index contributed by atoms with van der Waals surface area (Å²) >= 11 is 2.65. The van der Waals surface area contributed by atoms with Crippen LogP contribution in [0.4, 0.5) is 10.8 Å². The Kier molecular flexibility index (Phi) is 6.23. The van der Waals surface area contributed by atoms with Crippen molar-refractivity contribution < 1.29 is 9.72 Å². The van der Waals surface area contributed by atoms with Crippen LogP contribution in [0.5, 0.6) is 0 Å². The number of piperidine rings is 1. The van der Waals surface area contributed by atoms with Gasteiger partial charge in [-0.05, 0) is 44.3 Å². The van der Waals surface area contributed by atoms with Crippen molar-refractivity contribution in [3.63, 3.8) is 0 Å². The maximum Gasteiger partial charge on any atom is 0.283 e. The number of carbonyl (C=O) groups excluding carboxylic acids is 1. The Bertz CT molecular complexity index is 803. The number of nitro benzene ring substituents is 1. The molecular weight excluding hydrogens is 372 g/mol. The fourth-order valence-electron chi connectivity index (χ4n) is 2.93. The maximum atomic E-state index is 12.4. The van der Waals surface area contributed by atoms with Crippen LogP contribution in [0.25, 0.3) is 0 Å². The molecule has 1 saturated heterocycles. The Morgan fingerprint density at radius 2 is 2.15 bits per heavy atom. The number of anilines is 1. The molecule has 1 amide bonds. The van der Waals surface area contributed by atoms with Crippen LogP contribution in [0.2, 0.25) is 0 Å². The quantitative estimate of drug-likeness (QED) is 0.454. The van der Waals surface area contributed by atoms with Crippen molar-refractivity contribution in [2.75, 3.05) is 24.7 Å². The molecule has 0 aliphatic carbocycles. The fraction of sp³-hybridized carbons (Fsp3) is 0.412. The number of hydrogen-bond donors (Lipinski definition) is 1. The number of carbonyl (C=O) groups is 1. The van der Waals surface area contributed by atoms with E-state index in [9.17, 15) is 14.9 Å². The van der Waals surface area contributed by atoms with E-state index in [2.05, 4.69) is 15.2 Å². The third-order valence-corrected chi connectivity index (χ3v) is 5.84. The van der Waals surface area contributed by atoms with E-state index in [1.165, 1.54) is 48.4 Å². The SMILES string of the molecule is CSc1ccc(C(=O)Nc2nc(CN3CCCCC3)cs2)cc1[N+](=O)[O-]. The van der Waals surface area contributed by atoms with E-state index in [0.717, 1.165) is 25.3 Å². The zero-order valence-electron chi connectivity index (χ0n) is 14.4. The summed E-state index contributed by atoms with van der Waals surface area (Å²) in [6.07, 6.45) is 5.49. The number of hydrogen-bond acceptors (Lipinski definition) is 7. The third kappa shape index (κ3) is 4.60. The summed E-state index contributed by atoms with van der Waals surface area (Å²) in [5.41, 5.74) is 1.13. The van der Waals surface area contributed by atoms with E-state index in [1.54, 1.807) is 18.4 Å². The normalized spacial score (nSPS) is 15.0. The molecule has 1 N–H and O–H groups in total. The van der Waals surface area contributed by atoms with Crippen LogP contribution in [0, 0.1) is 10.1 Å². The summed E-state index contributed by atoms with van der Waals surface area (Å²) < 4.78 is 0. The molecule has 7 nitrogen and oxygen atoms in total. The van der Waals surface area contributed by atoms with Crippen LogP contribution >= 0.6 is 23.1 Å². The zero-order chi connectivity index (χ0) is 18.5. The summed E-state index contributed by atoms with van der Waals surface area (Å²) in [5.74, 6) is -0.389. The van der Waals surface area contributed by atoms with Crippen molar-refractivity contribution in [2.24, 2.45) is 0 Å². The van der Waals surface area contributed by atoms with Crippen molar-refractivity contribution in [3.8, 4) is 0 Å². The smallest absolute Gasteiger partial charge is 0.283 e. The van der Waals surface area contributed by atoms with E-state index in [0.29, 0.717) is 10.0 Å². The molecule has 9 heteroatoms. The zero-order valence-corrected chi connectivity index (χ0v) is 16.1. The van der Waals surface area contributed by atoms with Crippen molar-refractivity contribution in [3.05, 3.63) is 45.0 Å². The molecule has 1 aromatic heterocycles. The lowest BCUT2D eigenvalue weighted by molar-refractivity contribution is -0.387. The molecule has 3 rings (SSSR count). The minimum Gasteiger partial charge on any atom is -0.298 e. The first-order valence-corrected chi connectivity index (χ1v) is 10.5. The molecule has 0 bridgehead atoms. The molecule has 1 aromatic carbocycles. The fourth-order valence-corrected chi connectivity index (χ4v) is 4.17. The number of nitrogens with zero attached hydrogens (tertiary/aromatic N) is 3. The second-order valence-corrected chi connectivity index (χ2v) is 7.78. The standard InChI is InChI=1S/C17H20N4O3S2/c1-25-15-6-5-12(9-14(15)21(23)24)16(22)19-17-18-13(11-26-17)10-20-7-3-2-4-8-20/h5-6,9,11H,2-4,7-8,10H2,1H3,(H,18,19,22). The van der Waals surface area contributed by atoms with Crippen LogP contribution in [-0.4, -0.2) is 40.1 Å². The Hall–Kier alpha value is -1.97. The molecule has 2 heterocycles. The molecule has 138 valence electrons. The molecule has 0 radical (unpaired) electrons. The number of benzene rings is 1. The van der Waals surface area contributed by atoms with Gasteiger partial charge in [-0.15, -0.1) is 23.1 Å². The van der Waals surface area contributed by atoms with Gasteiger partial charge in [-0.25, -0.2) is 4.98 Å². The number of amides is 1. The van der Waals surface area contributed by atoms with Crippen LogP contribution < -0.4 is 5.32 Å². The van der Waals surface area contributed by atoms with Crippen molar-refractivity contribution in [1.29, 1.82) is 0 Å². The van der Waals surface area contributed by atoms with Gasteiger partial charge >= 0.3 is 0 Å². The molecule has 26 heavy (non-hydrogen) atoms. The van der Waals surface area contributed by atoms with E-state index in [4.69, 9.17) is 0 Å². The molecule has 1 aliphatic heterocycles. The first-order chi connectivity index (χ1) is 12.6. The van der Waals surface area contributed by atoms with Crippen molar-refractivity contribution in [2.45, 2.75) is 30.7 Å². The first kappa shape index (κ1) is 18.8. The average Bonchev–Trinajstić information content (AvgIpc) is 3.08. The summed E-state index contributed by atoms with van der Waals surface area (Å²) in [5, 5.41) is 16.4. The predicted molar refractivity (Wildman–Crippen MR) is 104 cm³/mol. The lowest BCUT2D eigenvalue weighted by Crippen LogP contribution is -2.29. The number of nitro groups is 1. The number of thioether (sulfide) groups is 1. The largest absolute Gasteiger partial charge is 0.298 e. The van der Waals surface area contributed by atoms with Gasteiger partial charge in [-0.1, -0.05) is 6.42 Å². The van der Waals surface area contributed by atoms with Crippen molar-refractivity contribution in [1.82, 2.24) is 9.88 Å². The molecular formula is C17H20N4O3S2. The van der Waals surface area contributed by atoms with Crippen LogP contribution in [0.3, 0.4) is 0 Å². The lowest BCUT2D eigenvalue weighted by Gasteiger charge is -2.25. The second-order valence-electron chi connectivity index (χ2n) is 6.08. The highest BCUT2D eigenvalue weighted by molar-refractivity contribution is 7.98. The Labute approximate surface area is 160 Å². The first-order valence-electron chi connectivity index (χ1n) is 8.37. The third-order valence-electron chi connectivity index (χ3n) is 4.24. The maximum absolute atomic E-state index is 12.4. The van der Waals surface area contributed by atoms with E-state index < -0.39 is 4.92 Å². The van der Waals surface area contributed by atoms with E-state index in [-0.39, 0.29) is 17.2 Å². The van der Waals surface area contributed by atoms with Gasteiger partial charge in [0.2, 0.25) is 0 Å². The molecule has 1 aliphatic rings. The summed E-state index contributed by atoms with van der Waals surface area (Å²) in [7, 11) is 0. The highest BCUT2D eigenvalue weighted by Gasteiger charge is 2.18. The Balaban J connectivity index is 1.66. The topological polar surface area (TPSA) is 88.4 Å². The summed E-state index contributed by atoms with van der Waals surface area (Å²) in [4.78, 5) is 30.5. The van der Waals surface area contributed by atoms with Gasteiger partial charge in [0.25, 0.3) is 11.6 Å². The average molecular weight is 393 g/mol. The van der Waals surface area contributed by atoms with E-state index >= 15 is 0 Å². The molecule has 0 saturated carbocycles. The summed E-state index contributed by atoms with van der Waals surface area (Å²) in [6, 6.07) is 4.50. The minimum absolute atomic E-state index is 0.0601. The molecule has 2 aromatic rings. The summed E-state index contributed by atoms with van der Waals surface area (Å²) in [6.45, 7) is 2.97. The predicted octanol–water partition coefficient (Wildman–Crippen LogP) is 4.01. The van der Waals surface area contributed by atoms with Crippen LogP contribution in [-0.2, 0) is 6.54 Å². The van der Waals surface area contributed by atoms with Gasteiger partial charge in [0.1, 0.15) is 0 Å². The Morgan fingerprint density at radius 1 is 1.38 bits per heavy atom. The van der Waals surface area contributed by atoms with Gasteiger partial charge in [0.05, 0.1) is 15.5 Å². The monoisotopic (exact) mass is 392 g/mol. The molecule has 0 spiro atoms. The highest BCUT2D eigenvalue weighted by atomic mass is 32.2. The number of rotatable bonds is 6. The molecule has 1 fully saturated rings. The highest BCUT2D eigenvalue weighted by Crippen LogP contribution is 2.28. The van der Waals surface area contributed by atoms with E-state index in [1.807, 2.05) is 5.38 Å². The van der Waals surface area contributed by atoms with Gasteiger partial charge in [-0.2, -0.15) is 0 Å². The van der Waals surface area contributed by atoms with Gasteiger partial charge in [0, 0.05) is 23.6 Å². The number of aromatic nitrogens is 1. The molecule has 0 atom stereocenters. The Morgan fingerprint density at radius 3 is 2.85 bits per heavy atom. The van der Waals surface area contributed by atoms with Gasteiger partial charge < -0.3 is 0 Å². The lowest BCUT2D eigenvalue weighted by atomic mass is 10.1. The van der Waals surface area contributed by atoms with Crippen molar-refractivity contribution >= 4 is 39.8 Å². The van der Waals surface area contributed by atoms with Crippen LogP contribution in [0.15, 0.2) is 28.5 Å². The number of likely N-dealkylation sites (tertiary alicyclic amines) is 1. The van der Waals surface area contributed by atoms with Gasteiger partial charge in [0.15, 0.2) is 5.13 Å². The number of nitrogens with one attached hydrogen (secondary N) is 1. The number of thiazole rings is 1. The minimum atomic E-state index is -0.470. The van der Waals surface area contributed by atoms with Gasteiger partial charge in [-0.3, -0.25) is 25.1 Å². The van der Waals surface area contributed by atoms with Crippen LogP contribution in [0.1, 0.15) is 35.3 Å².